The Bertz CT molecular complexity index is 411. The molecule has 0 radical (unpaired) electrons. The molecule has 0 saturated heterocycles. The van der Waals surface area contributed by atoms with E-state index in [4.69, 9.17) is 21.8 Å². The Labute approximate surface area is 102 Å². The molecule has 0 saturated carbocycles. The van der Waals surface area contributed by atoms with Crippen molar-refractivity contribution in [1.82, 2.24) is 0 Å². The van der Waals surface area contributed by atoms with Crippen molar-refractivity contribution in [3.05, 3.63) is 34.6 Å². The Hall–Kier alpha value is -1.62. The van der Waals surface area contributed by atoms with E-state index in [9.17, 15) is 14.0 Å². The fraction of sp³-hybridized carbons (Fsp3) is 0.273. The SMILES string of the molecule is O=C(O)CC(CC(=O)O)c1cc(F)cc(Cl)c1. The molecular formula is C11H10ClFO4. The molecule has 1 aromatic rings. The third kappa shape index (κ3) is 4.40. The average molecular weight is 261 g/mol. The first-order chi connectivity index (χ1) is 7.88. The molecule has 1 rings (SSSR count). The molecule has 0 aromatic heterocycles. The van der Waals surface area contributed by atoms with Crippen molar-refractivity contribution in [1.29, 1.82) is 0 Å². The molecule has 6 heteroatoms. The van der Waals surface area contributed by atoms with Crippen LogP contribution in [0.2, 0.25) is 5.02 Å². The normalized spacial score (nSPS) is 10.5. The van der Waals surface area contributed by atoms with Crippen LogP contribution in [-0.4, -0.2) is 22.2 Å². The van der Waals surface area contributed by atoms with Crippen LogP contribution in [0.3, 0.4) is 0 Å². The zero-order valence-electron chi connectivity index (χ0n) is 8.69. The molecule has 17 heavy (non-hydrogen) atoms. The molecular weight excluding hydrogens is 251 g/mol. The third-order valence-electron chi connectivity index (χ3n) is 2.20. The van der Waals surface area contributed by atoms with Gasteiger partial charge in [0, 0.05) is 10.9 Å². The van der Waals surface area contributed by atoms with Crippen molar-refractivity contribution in [3.63, 3.8) is 0 Å². The molecule has 2 N–H and O–H groups in total. The lowest BCUT2D eigenvalue weighted by molar-refractivity contribution is -0.139. The summed E-state index contributed by atoms with van der Waals surface area (Å²) >= 11 is 5.63. The summed E-state index contributed by atoms with van der Waals surface area (Å²) in [6, 6.07) is 3.55. The number of carboxylic acid groups (broad SMARTS) is 2. The Morgan fingerprint density at radius 3 is 2.12 bits per heavy atom. The van der Waals surface area contributed by atoms with Gasteiger partial charge in [0.2, 0.25) is 0 Å². The topological polar surface area (TPSA) is 74.6 Å². The molecule has 0 fully saturated rings. The maximum atomic E-state index is 13.1. The molecule has 0 unspecified atom stereocenters. The average Bonchev–Trinajstić information content (AvgIpc) is 2.13. The minimum absolute atomic E-state index is 0.112. The lowest BCUT2D eigenvalue weighted by atomic mass is 9.92. The monoisotopic (exact) mass is 260 g/mol. The van der Waals surface area contributed by atoms with Gasteiger partial charge in [-0.25, -0.2) is 4.39 Å². The minimum atomic E-state index is -1.14. The quantitative estimate of drug-likeness (QED) is 0.853. The number of rotatable bonds is 5. The molecule has 0 spiro atoms. The fourth-order valence-electron chi connectivity index (χ4n) is 1.54. The Morgan fingerprint density at radius 1 is 1.18 bits per heavy atom. The highest BCUT2D eigenvalue weighted by molar-refractivity contribution is 6.30. The number of halogens is 2. The van der Waals surface area contributed by atoms with E-state index in [0.29, 0.717) is 0 Å². The van der Waals surface area contributed by atoms with Gasteiger partial charge in [0.1, 0.15) is 5.82 Å². The molecule has 0 amide bonds. The van der Waals surface area contributed by atoms with Crippen molar-refractivity contribution in [2.45, 2.75) is 18.8 Å². The summed E-state index contributed by atoms with van der Waals surface area (Å²) in [5, 5.41) is 17.5. The summed E-state index contributed by atoms with van der Waals surface area (Å²) in [5.41, 5.74) is 0.278. The van der Waals surface area contributed by atoms with Crippen LogP contribution in [0.15, 0.2) is 18.2 Å². The first-order valence-electron chi connectivity index (χ1n) is 4.78. The molecule has 92 valence electrons. The second-order valence-electron chi connectivity index (χ2n) is 3.60. The summed E-state index contributed by atoms with van der Waals surface area (Å²) in [4.78, 5) is 21.2. The standard InChI is InChI=1S/C11H10ClFO4/c12-8-1-6(2-9(13)5-8)7(3-10(14)15)4-11(16)17/h1-2,5,7H,3-4H2,(H,14,15)(H,16,17). The van der Waals surface area contributed by atoms with Gasteiger partial charge in [-0.15, -0.1) is 0 Å². The van der Waals surface area contributed by atoms with Crippen molar-refractivity contribution >= 4 is 23.5 Å². The first-order valence-corrected chi connectivity index (χ1v) is 5.16. The second-order valence-corrected chi connectivity index (χ2v) is 4.03. The lowest BCUT2D eigenvalue weighted by Gasteiger charge is -2.13. The van der Waals surface area contributed by atoms with Gasteiger partial charge in [0.25, 0.3) is 0 Å². The summed E-state index contributed by atoms with van der Waals surface area (Å²) < 4.78 is 13.1. The molecule has 0 bridgehead atoms. The summed E-state index contributed by atoms with van der Waals surface area (Å²) in [6.45, 7) is 0. The van der Waals surface area contributed by atoms with Crippen LogP contribution in [0, 0.1) is 5.82 Å². The maximum Gasteiger partial charge on any atom is 0.303 e. The predicted octanol–water partition coefficient (Wildman–Crippen LogP) is 2.51. The molecule has 4 nitrogen and oxygen atoms in total. The maximum absolute atomic E-state index is 13.1. The third-order valence-corrected chi connectivity index (χ3v) is 2.42. The highest BCUT2D eigenvalue weighted by Gasteiger charge is 2.20. The predicted molar refractivity (Wildman–Crippen MR) is 58.7 cm³/mol. The molecule has 1 aromatic carbocycles. The smallest absolute Gasteiger partial charge is 0.303 e. The van der Waals surface area contributed by atoms with Gasteiger partial charge in [-0.1, -0.05) is 11.6 Å². The highest BCUT2D eigenvalue weighted by Crippen LogP contribution is 2.27. The van der Waals surface area contributed by atoms with E-state index in [1.807, 2.05) is 0 Å². The van der Waals surface area contributed by atoms with E-state index >= 15 is 0 Å². The van der Waals surface area contributed by atoms with Gasteiger partial charge in [-0.3, -0.25) is 9.59 Å². The number of hydrogen-bond donors (Lipinski definition) is 2. The van der Waals surface area contributed by atoms with Crippen LogP contribution in [0.1, 0.15) is 24.3 Å². The van der Waals surface area contributed by atoms with Crippen LogP contribution in [0.25, 0.3) is 0 Å². The zero-order chi connectivity index (χ0) is 13.0. The van der Waals surface area contributed by atoms with Crippen LogP contribution >= 0.6 is 11.6 Å². The van der Waals surface area contributed by atoms with E-state index in [1.165, 1.54) is 6.07 Å². The molecule has 0 heterocycles. The van der Waals surface area contributed by atoms with Crippen LogP contribution in [0.4, 0.5) is 4.39 Å². The van der Waals surface area contributed by atoms with E-state index in [2.05, 4.69) is 0 Å². The van der Waals surface area contributed by atoms with Gasteiger partial charge >= 0.3 is 11.9 Å². The fourth-order valence-corrected chi connectivity index (χ4v) is 1.77. The summed E-state index contributed by atoms with van der Waals surface area (Å²) in [5.74, 6) is -3.69. The number of carboxylic acids is 2. The zero-order valence-corrected chi connectivity index (χ0v) is 9.45. The van der Waals surface area contributed by atoms with Crippen LogP contribution in [-0.2, 0) is 9.59 Å². The van der Waals surface area contributed by atoms with E-state index in [1.54, 1.807) is 0 Å². The van der Waals surface area contributed by atoms with E-state index < -0.39 is 23.7 Å². The van der Waals surface area contributed by atoms with Crippen molar-refractivity contribution in [2.24, 2.45) is 0 Å². The van der Waals surface area contributed by atoms with Crippen molar-refractivity contribution in [2.75, 3.05) is 0 Å². The van der Waals surface area contributed by atoms with Crippen molar-refractivity contribution in [3.8, 4) is 0 Å². The number of hydrogen-bond acceptors (Lipinski definition) is 2. The number of carbonyl (C=O) groups is 2. The number of benzene rings is 1. The van der Waals surface area contributed by atoms with Gasteiger partial charge in [-0.05, 0) is 23.8 Å². The second kappa shape index (κ2) is 5.63. The van der Waals surface area contributed by atoms with Gasteiger partial charge in [0.15, 0.2) is 0 Å². The molecule has 0 atom stereocenters. The minimum Gasteiger partial charge on any atom is -0.481 e. The summed E-state index contributed by atoms with van der Waals surface area (Å²) in [6.07, 6.45) is -0.766. The Kier molecular flexibility index (Phi) is 4.45. The van der Waals surface area contributed by atoms with Crippen LogP contribution in [0.5, 0.6) is 0 Å². The van der Waals surface area contributed by atoms with Gasteiger partial charge < -0.3 is 10.2 Å². The van der Waals surface area contributed by atoms with Gasteiger partial charge in [0.05, 0.1) is 12.8 Å². The van der Waals surface area contributed by atoms with E-state index in [-0.39, 0.29) is 23.4 Å². The largest absolute Gasteiger partial charge is 0.481 e. The summed E-state index contributed by atoms with van der Waals surface area (Å²) in [7, 11) is 0. The molecule has 0 aliphatic carbocycles. The first kappa shape index (κ1) is 13.4. The van der Waals surface area contributed by atoms with E-state index in [0.717, 1.165) is 12.1 Å². The van der Waals surface area contributed by atoms with Gasteiger partial charge in [-0.2, -0.15) is 0 Å². The Balaban J connectivity index is 3.02. The van der Waals surface area contributed by atoms with Crippen LogP contribution < -0.4 is 0 Å². The highest BCUT2D eigenvalue weighted by atomic mass is 35.5. The molecule has 0 aliphatic heterocycles. The number of aliphatic carboxylic acids is 2. The Morgan fingerprint density at radius 2 is 1.71 bits per heavy atom. The van der Waals surface area contributed by atoms with Crippen molar-refractivity contribution < 1.29 is 24.2 Å². The lowest BCUT2D eigenvalue weighted by Crippen LogP contribution is -2.11. The molecule has 0 aliphatic rings.